The minimum absolute atomic E-state index is 0.188. The van der Waals surface area contributed by atoms with E-state index in [1.165, 1.54) is 0 Å². The largest absolute Gasteiger partial charge is 0.394 e. The van der Waals surface area contributed by atoms with Crippen LogP contribution in [0.25, 0.3) is 0 Å². The Bertz CT molecular complexity index is 789. The molecule has 6 heteroatoms. The van der Waals surface area contributed by atoms with E-state index in [-0.39, 0.29) is 11.5 Å². The van der Waals surface area contributed by atoms with Crippen molar-refractivity contribution < 1.29 is 13.5 Å². The molecule has 1 unspecified atom stereocenters. The van der Waals surface area contributed by atoms with Crippen molar-refractivity contribution in [3.8, 4) is 0 Å². The zero-order chi connectivity index (χ0) is 15.8. The number of aliphatic hydroxyl groups excluding tert-OH is 1. The molecule has 2 aromatic carbocycles. The van der Waals surface area contributed by atoms with Crippen molar-refractivity contribution in [3.63, 3.8) is 0 Å². The molecule has 1 atom stereocenters. The number of aryl methyl sites for hydroxylation is 1. The molecule has 116 valence electrons. The highest BCUT2D eigenvalue weighted by Crippen LogP contribution is 2.37. The van der Waals surface area contributed by atoms with Gasteiger partial charge in [-0.2, -0.15) is 4.72 Å². The molecule has 0 amide bonds. The number of rotatable bonds is 4. The quantitative estimate of drug-likeness (QED) is 0.854. The summed E-state index contributed by atoms with van der Waals surface area (Å²) in [6.45, 7) is -0.264. The molecule has 0 aromatic heterocycles. The Labute approximate surface area is 138 Å². The summed E-state index contributed by atoms with van der Waals surface area (Å²) in [6, 6.07) is 14.1. The van der Waals surface area contributed by atoms with Crippen LogP contribution in [0.2, 0.25) is 0 Å². The second-order valence-corrected chi connectivity index (χ2v) is 8.05. The predicted octanol–water partition coefficient (Wildman–Crippen LogP) is 2.56. The van der Waals surface area contributed by atoms with Gasteiger partial charge in [0.15, 0.2) is 0 Å². The molecule has 22 heavy (non-hydrogen) atoms. The van der Waals surface area contributed by atoms with Crippen molar-refractivity contribution >= 4 is 26.0 Å². The summed E-state index contributed by atoms with van der Waals surface area (Å²) < 4.78 is 28.8. The Hall–Kier alpha value is -1.21. The molecule has 0 fully saturated rings. The van der Waals surface area contributed by atoms with Gasteiger partial charge < -0.3 is 5.11 Å². The van der Waals surface area contributed by atoms with Crippen molar-refractivity contribution in [2.45, 2.75) is 23.3 Å². The van der Waals surface area contributed by atoms with Gasteiger partial charge in [0.25, 0.3) is 0 Å². The minimum atomic E-state index is -3.70. The molecule has 0 bridgehead atoms. The van der Waals surface area contributed by atoms with E-state index in [0.29, 0.717) is 6.42 Å². The summed E-state index contributed by atoms with van der Waals surface area (Å²) in [5.41, 5.74) is 0.996. The lowest BCUT2D eigenvalue weighted by molar-refractivity contribution is 0.182. The third-order valence-electron chi connectivity index (χ3n) is 4.08. The third kappa shape index (κ3) is 2.72. The Morgan fingerprint density at radius 2 is 1.82 bits per heavy atom. The first-order valence-electron chi connectivity index (χ1n) is 6.96. The first-order chi connectivity index (χ1) is 10.5. The fourth-order valence-electron chi connectivity index (χ4n) is 2.92. The lowest BCUT2D eigenvalue weighted by Gasteiger charge is -2.29. The van der Waals surface area contributed by atoms with E-state index in [9.17, 15) is 13.5 Å². The molecule has 4 nitrogen and oxygen atoms in total. The highest BCUT2D eigenvalue weighted by Gasteiger charge is 2.41. The van der Waals surface area contributed by atoms with Crippen LogP contribution in [-0.4, -0.2) is 20.1 Å². The van der Waals surface area contributed by atoms with Crippen molar-refractivity contribution in [2.24, 2.45) is 0 Å². The van der Waals surface area contributed by atoms with Crippen LogP contribution in [0.3, 0.4) is 0 Å². The zero-order valence-corrected chi connectivity index (χ0v) is 14.2. The Balaban J connectivity index is 1.99. The molecule has 0 aliphatic heterocycles. The monoisotopic (exact) mass is 381 g/mol. The summed E-state index contributed by atoms with van der Waals surface area (Å²) in [4.78, 5) is 0.188. The van der Waals surface area contributed by atoms with Crippen LogP contribution in [0.5, 0.6) is 0 Å². The van der Waals surface area contributed by atoms with Gasteiger partial charge in [-0.1, -0.05) is 40.2 Å². The molecule has 2 N–H and O–H groups in total. The van der Waals surface area contributed by atoms with Crippen LogP contribution in [0.4, 0.5) is 0 Å². The van der Waals surface area contributed by atoms with E-state index < -0.39 is 15.6 Å². The molecule has 0 saturated heterocycles. The fraction of sp³-hybridized carbons (Fsp3) is 0.250. The van der Waals surface area contributed by atoms with Crippen LogP contribution in [-0.2, 0) is 22.0 Å². The minimum Gasteiger partial charge on any atom is -0.394 e. The number of fused-ring (bicyclic) bond motifs is 1. The lowest BCUT2D eigenvalue weighted by atomic mass is 9.94. The number of halogens is 1. The molecule has 0 heterocycles. The second kappa shape index (κ2) is 5.77. The molecule has 1 aliphatic rings. The predicted molar refractivity (Wildman–Crippen MR) is 88.0 cm³/mol. The SMILES string of the molecule is O=S(=O)(NC1(CO)CCc2ccccc21)c1ccc(Br)cc1. The van der Waals surface area contributed by atoms with E-state index >= 15 is 0 Å². The maximum atomic E-state index is 12.6. The molecule has 0 saturated carbocycles. The first-order valence-corrected chi connectivity index (χ1v) is 9.23. The van der Waals surface area contributed by atoms with Gasteiger partial charge >= 0.3 is 0 Å². The van der Waals surface area contributed by atoms with Gasteiger partial charge in [-0.25, -0.2) is 8.42 Å². The lowest BCUT2D eigenvalue weighted by Crippen LogP contribution is -2.47. The van der Waals surface area contributed by atoms with Crippen molar-refractivity contribution in [1.29, 1.82) is 0 Å². The number of sulfonamides is 1. The van der Waals surface area contributed by atoms with Crippen LogP contribution in [0, 0.1) is 0 Å². The van der Waals surface area contributed by atoms with Crippen LogP contribution < -0.4 is 4.72 Å². The van der Waals surface area contributed by atoms with Crippen molar-refractivity contribution in [3.05, 3.63) is 64.1 Å². The standard InChI is InChI=1S/C16H16BrNO3S/c17-13-5-7-14(8-6-13)22(20,21)18-16(11-19)10-9-12-3-1-2-4-15(12)16/h1-8,18-19H,9-11H2. The van der Waals surface area contributed by atoms with Crippen LogP contribution >= 0.6 is 15.9 Å². The van der Waals surface area contributed by atoms with Gasteiger partial charge in [-0.15, -0.1) is 0 Å². The number of aliphatic hydroxyl groups is 1. The average molecular weight is 382 g/mol. The molecule has 0 radical (unpaired) electrons. The number of nitrogens with one attached hydrogen (secondary N) is 1. The van der Waals surface area contributed by atoms with Crippen LogP contribution in [0.1, 0.15) is 17.5 Å². The van der Waals surface area contributed by atoms with Crippen molar-refractivity contribution in [2.75, 3.05) is 6.61 Å². The van der Waals surface area contributed by atoms with Gasteiger partial charge in [-0.05, 0) is 48.2 Å². The van der Waals surface area contributed by atoms with Gasteiger partial charge in [0.1, 0.15) is 0 Å². The molecule has 3 rings (SSSR count). The summed E-state index contributed by atoms with van der Waals surface area (Å²) >= 11 is 3.29. The third-order valence-corrected chi connectivity index (χ3v) is 6.16. The van der Waals surface area contributed by atoms with Crippen molar-refractivity contribution in [1.82, 2.24) is 4.72 Å². The fourth-order valence-corrected chi connectivity index (χ4v) is 4.59. The van der Waals surface area contributed by atoms with Gasteiger partial charge in [0.05, 0.1) is 17.0 Å². The first kappa shape index (κ1) is 15.7. The Morgan fingerprint density at radius 3 is 2.50 bits per heavy atom. The van der Waals surface area contributed by atoms with Gasteiger partial charge in [0, 0.05) is 4.47 Å². The summed E-state index contributed by atoms with van der Waals surface area (Å²) in [7, 11) is -3.70. The molecular formula is C16H16BrNO3S. The molecule has 2 aromatic rings. The van der Waals surface area contributed by atoms with Gasteiger partial charge in [0.2, 0.25) is 10.0 Å². The zero-order valence-electron chi connectivity index (χ0n) is 11.8. The van der Waals surface area contributed by atoms with Crippen LogP contribution in [0.15, 0.2) is 57.9 Å². The average Bonchev–Trinajstić information content (AvgIpc) is 2.87. The molecule has 0 spiro atoms. The number of benzene rings is 2. The molecular weight excluding hydrogens is 366 g/mol. The van der Waals surface area contributed by atoms with E-state index in [1.807, 2.05) is 24.3 Å². The molecule has 1 aliphatic carbocycles. The topological polar surface area (TPSA) is 66.4 Å². The normalized spacial score (nSPS) is 20.8. The highest BCUT2D eigenvalue weighted by atomic mass is 79.9. The van der Waals surface area contributed by atoms with E-state index in [2.05, 4.69) is 20.7 Å². The number of hydrogen-bond donors (Lipinski definition) is 2. The smallest absolute Gasteiger partial charge is 0.241 e. The van der Waals surface area contributed by atoms with E-state index in [4.69, 9.17) is 0 Å². The Morgan fingerprint density at radius 1 is 1.14 bits per heavy atom. The maximum Gasteiger partial charge on any atom is 0.241 e. The summed E-state index contributed by atoms with van der Waals surface area (Å²) in [5.74, 6) is 0. The maximum absolute atomic E-state index is 12.6. The number of hydrogen-bond acceptors (Lipinski definition) is 3. The Kier molecular flexibility index (Phi) is 4.11. The van der Waals surface area contributed by atoms with Gasteiger partial charge in [-0.3, -0.25) is 0 Å². The second-order valence-electron chi connectivity index (χ2n) is 5.46. The van der Waals surface area contributed by atoms with E-state index in [0.717, 1.165) is 22.0 Å². The summed E-state index contributed by atoms with van der Waals surface area (Å²) in [6.07, 6.45) is 1.30. The highest BCUT2D eigenvalue weighted by molar-refractivity contribution is 9.10. The summed E-state index contributed by atoms with van der Waals surface area (Å²) in [5, 5.41) is 9.88. The van der Waals surface area contributed by atoms with E-state index in [1.54, 1.807) is 24.3 Å².